The van der Waals surface area contributed by atoms with Crippen molar-refractivity contribution in [2.75, 3.05) is 64.5 Å². The second-order valence-corrected chi connectivity index (χ2v) is 32.9. The minimum atomic E-state index is -2.53. The normalized spacial score (nSPS) is 20.0. The van der Waals surface area contributed by atoms with Crippen molar-refractivity contribution in [3.8, 4) is 40.4 Å². The highest BCUT2D eigenvalue weighted by Gasteiger charge is 2.49. The predicted octanol–water partition coefficient (Wildman–Crippen LogP) is 11.7. The van der Waals surface area contributed by atoms with Crippen LogP contribution in [0.2, 0.25) is 33.2 Å². The molecule has 2 aromatic heterocycles. The number of benzene rings is 2. The maximum Gasteiger partial charge on any atom is 0.319 e. The average molecular weight is 955 g/mol. The number of nitrogens with one attached hydrogen (secondary N) is 1. The summed E-state index contributed by atoms with van der Waals surface area (Å²) in [5.41, 5.74) is 6.19. The lowest BCUT2D eigenvalue weighted by atomic mass is 9.95. The number of methoxy groups -OCH3 is 1. The van der Waals surface area contributed by atoms with E-state index in [-0.39, 0.29) is 62.8 Å². The molecule has 67 heavy (non-hydrogen) atoms. The van der Waals surface area contributed by atoms with Crippen molar-refractivity contribution in [1.82, 2.24) is 25.2 Å². The van der Waals surface area contributed by atoms with Crippen LogP contribution in [0, 0.1) is 28.5 Å². The van der Waals surface area contributed by atoms with Crippen LogP contribution in [0.25, 0.3) is 32.9 Å². The lowest BCUT2D eigenvalue weighted by Crippen LogP contribution is -2.50. The second kappa shape index (κ2) is 19.5. The molecule has 8 rings (SSSR count). The maximum absolute atomic E-state index is 18.4. The second-order valence-electron chi connectivity index (χ2n) is 22.0. The van der Waals surface area contributed by atoms with Gasteiger partial charge in [-0.3, -0.25) is 0 Å². The largest absolute Gasteiger partial charge is 0.543 e. The minimum absolute atomic E-state index is 0.00397. The number of aromatic nitrogens is 3. The number of pyridine rings is 1. The van der Waals surface area contributed by atoms with Gasteiger partial charge in [-0.1, -0.05) is 95.1 Å². The molecule has 0 bridgehead atoms. The van der Waals surface area contributed by atoms with Gasteiger partial charge in [0.05, 0.1) is 31.4 Å². The van der Waals surface area contributed by atoms with E-state index >= 15 is 8.78 Å². The number of halogens is 2. The van der Waals surface area contributed by atoms with E-state index in [4.69, 9.17) is 33.6 Å². The van der Waals surface area contributed by atoms with Gasteiger partial charge >= 0.3 is 6.01 Å². The molecule has 14 heteroatoms. The number of fused-ring (bicyclic) bond motifs is 3. The Labute approximate surface area is 400 Å². The molecule has 10 nitrogen and oxygen atoms in total. The molecule has 2 aliphatic heterocycles. The van der Waals surface area contributed by atoms with E-state index in [9.17, 15) is 0 Å². The molecule has 4 aromatic rings. The summed E-state index contributed by atoms with van der Waals surface area (Å²) in [4.78, 5) is 19.8. The molecule has 4 fully saturated rings. The van der Waals surface area contributed by atoms with E-state index in [0.717, 1.165) is 58.4 Å². The van der Waals surface area contributed by atoms with E-state index in [1.54, 1.807) is 13.2 Å². The maximum atomic E-state index is 18.4. The molecule has 4 aliphatic rings. The molecule has 4 heterocycles. The summed E-state index contributed by atoms with van der Waals surface area (Å²) in [5, 5.41) is 5.01. The zero-order valence-electron chi connectivity index (χ0n) is 42.5. The molecule has 1 N–H and O–H groups in total. The van der Waals surface area contributed by atoms with Gasteiger partial charge in [-0.2, -0.15) is 9.97 Å². The monoisotopic (exact) mass is 955 g/mol. The van der Waals surface area contributed by atoms with Crippen LogP contribution >= 0.6 is 0 Å². The zero-order chi connectivity index (χ0) is 48.2. The number of ether oxygens (including phenoxy) is 3. The Balaban J connectivity index is 1.37. The fraction of sp³-hybridized carbons (Fsp3) is 0.642. The first kappa shape index (κ1) is 49.5. The molecule has 0 radical (unpaired) electrons. The molecule has 364 valence electrons. The van der Waals surface area contributed by atoms with Crippen molar-refractivity contribution in [2.45, 2.75) is 154 Å². The van der Waals surface area contributed by atoms with Crippen molar-refractivity contribution < 1.29 is 27.4 Å². The fourth-order valence-electron chi connectivity index (χ4n) is 12.3. The van der Waals surface area contributed by atoms with Gasteiger partial charge in [0.2, 0.25) is 5.88 Å². The number of piperazine rings is 1. The molecule has 2 aromatic carbocycles. The number of nitrogens with zero attached hydrogens (tertiary/aromatic N) is 5. The lowest BCUT2D eigenvalue weighted by molar-refractivity contribution is 0.124. The summed E-state index contributed by atoms with van der Waals surface area (Å²) in [5.74, 6) is 3.63. The summed E-state index contributed by atoms with van der Waals surface area (Å²) in [7, 11) is -3.31. The van der Waals surface area contributed by atoms with Gasteiger partial charge in [-0.15, -0.1) is 5.54 Å². The van der Waals surface area contributed by atoms with Crippen LogP contribution in [0.5, 0.6) is 17.6 Å². The first-order valence-corrected chi connectivity index (χ1v) is 29.6. The lowest BCUT2D eigenvalue weighted by Gasteiger charge is -2.42. The highest BCUT2D eigenvalue weighted by molar-refractivity contribution is 6.90. The first-order chi connectivity index (χ1) is 31.9. The third-order valence-corrected chi connectivity index (χ3v) is 28.2. The fourth-order valence-corrected chi connectivity index (χ4v) is 22.7. The molecule has 2 saturated heterocycles. The molecule has 0 spiro atoms. The van der Waals surface area contributed by atoms with Crippen molar-refractivity contribution in [3.05, 3.63) is 41.5 Å². The summed E-state index contributed by atoms with van der Waals surface area (Å²) >= 11 is 0. The van der Waals surface area contributed by atoms with Crippen LogP contribution in [0.4, 0.5) is 14.6 Å². The van der Waals surface area contributed by atoms with Crippen molar-refractivity contribution in [1.29, 1.82) is 0 Å². The third kappa shape index (κ3) is 9.33. The quantitative estimate of drug-likeness (QED) is 0.0864. The van der Waals surface area contributed by atoms with Gasteiger partial charge in [0.1, 0.15) is 42.1 Å². The Morgan fingerprint density at radius 1 is 0.851 bits per heavy atom. The number of rotatable bonds is 16. The Morgan fingerprint density at radius 3 is 2.13 bits per heavy atom. The van der Waals surface area contributed by atoms with Crippen LogP contribution < -0.4 is 24.1 Å². The van der Waals surface area contributed by atoms with Gasteiger partial charge in [0, 0.05) is 62.2 Å². The van der Waals surface area contributed by atoms with Crippen LogP contribution in [0.15, 0.2) is 24.3 Å². The SMILES string of the molecule is COc1nc(-c2cc(O[Si](C(C)C)(C(C)C)C(C)C)cc3ccc(F)c(C#C[Si](C(C)C)(C(C)C)C(C)C)c23)c(F)c2nc(OCC3(CN4CCNCC4)CC3)nc(N3CCCOC4CC43)c12. The molecule has 2 atom stereocenters. The van der Waals surface area contributed by atoms with Crippen LogP contribution in [-0.4, -0.2) is 108 Å². The summed E-state index contributed by atoms with van der Waals surface area (Å²) in [6.45, 7) is 33.6. The summed E-state index contributed by atoms with van der Waals surface area (Å²) < 4.78 is 61.5. The molecular formula is C53H76F2N6O4Si2. The summed E-state index contributed by atoms with van der Waals surface area (Å²) in [6.07, 6.45) is 3.81. The van der Waals surface area contributed by atoms with Gasteiger partial charge in [0.15, 0.2) is 5.82 Å². The molecule has 2 unspecified atom stereocenters. The molecule has 2 saturated carbocycles. The van der Waals surface area contributed by atoms with Crippen molar-refractivity contribution >= 4 is 43.9 Å². The topological polar surface area (TPSA) is 94.1 Å². The zero-order valence-corrected chi connectivity index (χ0v) is 44.5. The Bertz CT molecular complexity index is 2470. The average Bonchev–Trinajstić information content (AvgIpc) is 4.22. The van der Waals surface area contributed by atoms with E-state index in [1.165, 1.54) is 6.07 Å². The van der Waals surface area contributed by atoms with E-state index in [0.29, 0.717) is 69.7 Å². The number of hydrogen-bond acceptors (Lipinski definition) is 10. The van der Waals surface area contributed by atoms with Gasteiger partial charge < -0.3 is 33.8 Å². The van der Waals surface area contributed by atoms with Gasteiger partial charge in [-0.25, -0.2) is 13.8 Å². The third-order valence-electron chi connectivity index (χ3n) is 16.0. The Hall–Kier alpha value is -3.88. The van der Waals surface area contributed by atoms with E-state index in [1.807, 2.05) is 12.1 Å². The van der Waals surface area contributed by atoms with Crippen molar-refractivity contribution in [3.63, 3.8) is 0 Å². The highest BCUT2D eigenvalue weighted by atomic mass is 28.4. The molecular weight excluding hydrogens is 879 g/mol. The van der Waals surface area contributed by atoms with Crippen LogP contribution in [-0.2, 0) is 4.74 Å². The van der Waals surface area contributed by atoms with Gasteiger partial charge in [0.25, 0.3) is 8.32 Å². The van der Waals surface area contributed by atoms with Crippen LogP contribution in [0.1, 0.15) is 114 Å². The molecule has 2 aliphatic carbocycles. The predicted molar refractivity (Wildman–Crippen MR) is 273 cm³/mol. The standard InChI is InChI=1S/C53H76F2N6O4Si2/c1-32(2)66(33(3)4,34(5)6)26-17-40-42(54)16-15-38-27-39(65-67(35(7)8,36(9)10)37(11)12)28-41(45(38)40)48-47(55)49-46(51(57-48)62-13)50(61-22-14-25-63-44-29-43(44)61)59-52(58-49)64-31-53(18-19-53)30-60-23-20-56-21-24-60/h15-16,27-28,32-37,43-44,56H,14,18-25,29-31H2,1-13H3. The molecule has 0 amide bonds. The smallest absolute Gasteiger partial charge is 0.319 e. The van der Waals surface area contributed by atoms with E-state index < -0.39 is 28.0 Å². The number of anilines is 1. The van der Waals surface area contributed by atoms with Crippen LogP contribution in [0.3, 0.4) is 0 Å². The van der Waals surface area contributed by atoms with Crippen molar-refractivity contribution in [2.24, 2.45) is 5.41 Å². The van der Waals surface area contributed by atoms with E-state index in [2.05, 4.69) is 110 Å². The number of hydrogen-bond donors (Lipinski definition) is 1. The summed E-state index contributed by atoms with van der Waals surface area (Å²) in [6, 6.07) is 7.30. The highest BCUT2D eigenvalue weighted by Crippen LogP contribution is 2.50. The first-order valence-electron chi connectivity index (χ1n) is 25.3. The van der Waals surface area contributed by atoms with Gasteiger partial charge in [-0.05, 0) is 82.5 Å². The Kier molecular flexibility index (Phi) is 14.4. The minimum Gasteiger partial charge on any atom is -0.543 e. The Morgan fingerprint density at radius 2 is 1.52 bits per heavy atom.